The molecular weight excluding hydrogens is 312 g/mol. The van der Waals surface area contributed by atoms with E-state index >= 15 is 0 Å². The highest BCUT2D eigenvalue weighted by atomic mass is 35.5. The van der Waals surface area contributed by atoms with Gasteiger partial charge in [0.05, 0.1) is 13.0 Å². The van der Waals surface area contributed by atoms with Crippen LogP contribution in [-0.2, 0) is 4.79 Å². The zero-order valence-corrected chi connectivity index (χ0v) is 15.2. The maximum atomic E-state index is 12.0. The quantitative estimate of drug-likeness (QED) is 0.837. The van der Waals surface area contributed by atoms with Gasteiger partial charge in [0.15, 0.2) is 0 Å². The number of piperidine rings is 1. The molecule has 1 fully saturated rings. The Hall–Kier alpha value is -1.26. The largest absolute Gasteiger partial charge is 0.493 e. The Morgan fingerprint density at radius 3 is 2.70 bits per heavy atom. The van der Waals surface area contributed by atoms with E-state index in [2.05, 4.69) is 30.5 Å². The molecule has 1 aliphatic heterocycles. The van der Waals surface area contributed by atoms with E-state index < -0.39 is 0 Å². The third kappa shape index (κ3) is 6.04. The second-order valence-electron chi connectivity index (χ2n) is 6.63. The molecule has 1 aromatic rings. The molecule has 0 saturated carbocycles. The second kappa shape index (κ2) is 9.14. The molecule has 1 amide bonds. The van der Waals surface area contributed by atoms with E-state index in [0.29, 0.717) is 13.0 Å². The number of hydrogen-bond acceptors (Lipinski definition) is 3. The fourth-order valence-electron chi connectivity index (χ4n) is 2.74. The van der Waals surface area contributed by atoms with E-state index in [4.69, 9.17) is 4.74 Å². The minimum Gasteiger partial charge on any atom is -0.493 e. The Kier molecular flexibility index (Phi) is 7.86. The molecule has 0 spiro atoms. The second-order valence-corrected chi connectivity index (χ2v) is 6.63. The summed E-state index contributed by atoms with van der Waals surface area (Å²) in [4.78, 5) is 12.0. The molecule has 5 heteroatoms. The van der Waals surface area contributed by atoms with Gasteiger partial charge >= 0.3 is 0 Å². The van der Waals surface area contributed by atoms with Gasteiger partial charge in [0.1, 0.15) is 5.75 Å². The lowest BCUT2D eigenvalue weighted by molar-refractivity contribution is -0.122. The Balaban J connectivity index is 0.00000264. The van der Waals surface area contributed by atoms with E-state index in [1.165, 1.54) is 5.56 Å². The van der Waals surface area contributed by atoms with Gasteiger partial charge in [-0.25, -0.2) is 0 Å². The number of carbonyl (C=O) groups is 1. The molecule has 0 radical (unpaired) electrons. The number of nitrogens with one attached hydrogen (secondary N) is 2. The van der Waals surface area contributed by atoms with Crippen molar-refractivity contribution in [1.82, 2.24) is 10.6 Å². The van der Waals surface area contributed by atoms with Crippen molar-refractivity contribution in [2.75, 3.05) is 26.2 Å². The van der Waals surface area contributed by atoms with Crippen LogP contribution in [0.3, 0.4) is 0 Å². The minimum atomic E-state index is 0. The summed E-state index contributed by atoms with van der Waals surface area (Å²) in [6.45, 7) is 9.63. The Labute approximate surface area is 145 Å². The van der Waals surface area contributed by atoms with Crippen molar-refractivity contribution in [1.29, 1.82) is 0 Å². The Morgan fingerprint density at radius 1 is 1.30 bits per heavy atom. The summed E-state index contributed by atoms with van der Waals surface area (Å²) in [7, 11) is 0. The number of aryl methyl sites for hydroxylation is 1. The first-order valence-corrected chi connectivity index (χ1v) is 8.17. The Morgan fingerprint density at radius 2 is 2.00 bits per heavy atom. The van der Waals surface area contributed by atoms with Crippen LogP contribution in [0, 0.1) is 19.3 Å². The molecule has 1 heterocycles. The van der Waals surface area contributed by atoms with Gasteiger partial charge in [-0.05, 0) is 62.4 Å². The summed E-state index contributed by atoms with van der Waals surface area (Å²) >= 11 is 0. The van der Waals surface area contributed by atoms with Crippen LogP contribution in [0.5, 0.6) is 5.75 Å². The van der Waals surface area contributed by atoms with Crippen LogP contribution < -0.4 is 15.4 Å². The standard InChI is InChI=1S/C18H28N2O2.ClH/c1-14-5-4-6-16(15(14)2)22-12-7-17(21)20-13-18(3)8-10-19-11-9-18;/h4-6,19H,7-13H2,1-3H3,(H,20,21);1H. The molecule has 2 rings (SSSR count). The monoisotopic (exact) mass is 340 g/mol. The van der Waals surface area contributed by atoms with Crippen molar-refractivity contribution in [3.8, 4) is 5.75 Å². The number of carbonyl (C=O) groups excluding carboxylic acids is 1. The summed E-state index contributed by atoms with van der Waals surface area (Å²) in [6.07, 6.45) is 2.64. The van der Waals surface area contributed by atoms with Crippen LogP contribution in [0.1, 0.15) is 37.3 Å². The SMILES string of the molecule is Cc1cccc(OCCC(=O)NCC2(C)CCNCC2)c1C.Cl. The van der Waals surface area contributed by atoms with Crippen molar-refractivity contribution in [3.63, 3.8) is 0 Å². The fourth-order valence-corrected chi connectivity index (χ4v) is 2.74. The predicted molar refractivity (Wildman–Crippen MR) is 96.5 cm³/mol. The van der Waals surface area contributed by atoms with Gasteiger partial charge in [0, 0.05) is 6.54 Å². The molecule has 4 nitrogen and oxygen atoms in total. The van der Waals surface area contributed by atoms with Gasteiger partial charge in [-0.15, -0.1) is 12.4 Å². The molecular formula is C18H29ClN2O2. The summed E-state index contributed by atoms with van der Waals surface area (Å²) in [5.74, 6) is 0.947. The number of halogens is 1. The number of benzene rings is 1. The van der Waals surface area contributed by atoms with Crippen LogP contribution in [0.2, 0.25) is 0 Å². The van der Waals surface area contributed by atoms with Crippen molar-refractivity contribution in [2.24, 2.45) is 5.41 Å². The highest BCUT2D eigenvalue weighted by molar-refractivity contribution is 5.85. The number of rotatable bonds is 6. The van der Waals surface area contributed by atoms with Crippen LogP contribution in [-0.4, -0.2) is 32.1 Å². The molecule has 1 aromatic carbocycles. The fraction of sp³-hybridized carbons (Fsp3) is 0.611. The topological polar surface area (TPSA) is 50.4 Å². The average molecular weight is 341 g/mol. The van der Waals surface area contributed by atoms with E-state index in [-0.39, 0.29) is 23.7 Å². The van der Waals surface area contributed by atoms with Gasteiger partial charge in [-0.2, -0.15) is 0 Å². The molecule has 1 saturated heterocycles. The number of hydrogen-bond donors (Lipinski definition) is 2. The Bertz CT molecular complexity index is 514. The lowest BCUT2D eigenvalue weighted by Crippen LogP contribution is -2.43. The van der Waals surface area contributed by atoms with Crippen molar-refractivity contribution in [2.45, 2.75) is 40.0 Å². The molecule has 0 atom stereocenters. The lowest BCUT2D eigenvalue weighted by atomic mass is 9.81. The molecule has 1 aliphatic rings. The molecule has 0 bridgehead atoms. The lowest BCUT2D eigenvalue weighted by Gasteiger charge is -2.34. The maximum Gasteiger partial charge on any atom is 0.223 e. The van der Waals surface area contributed by atoms with Gasteiger partial charge in [0.25, 0.3) is 0 Å². The molecule has 23 heavy (non-hydrogen) atoms. The average Bonchev–Trinajstić information content (AvgIpc) is 2.50. The van der Waals surface area contributed by atoms with Gasteiger partial charge in [0.2, 0.25) is 5.91 Å². The minimum absolute atomic E-state index is 0. The van der Waals surface area contributed by atoms with Gasteiger partial charge in [-0.1, -0.05) is 19.1 Å². The molecule has 2 N–H and O–H groups in total. The normalized spacial score (nSPS) is 16.3. The zero-order valence-electron chi connectivity index (χ0n) is 14.4. The smallest absolute Gasteiger partial charge is 0.223 e. The van der Waals surface area contributed by atoms with Crippen molar-refractivity contribution in [3.05, 3.63) is 29.3 Å². The third-order valence-corrected chi connectivity index (χ3v) is 4.66. The van der Waals surface area contributed by atoms with Crippen molar-refractivity contribution < 1.29 is 9.53 Å². The van der Waals surface area contributed by atoms with Crippen molar-refractivity contribution >= 4 is 18.3 Å². The molecule has 130 valence electrons. The first-order valence-electron chi connectivity index (χ1n) is 8.17. The molecule has 0 aromatic heterocycles. The highest BCUT2D eigenvalue weighted by Crippen LogP contribution is 2.26. The van der Waals surface area contributed by atoms with Crippen LogP contribution >= 0.6 is 12.4 Å². The predicted octanol–water partition coefficient (Wildman–Crippen LogP) is 3.00. The third-order valence-electron chi connectivity index (χ3n) is 4.66. The molecule has 0 aliphatic carbocycles. The van der Waals surface area contributed by atoms with Crippen LogP contribution in [0.25, 0.3) is 0 Å². The van der Waals surface area contributed by atoms with Crippen LogP contribution in [0.4, 0.5) is 0 Å². The zero-order chi connectivity index (χ0) is 16.0. The first-order chi connectivity index (χ1) is 10.5. The molecule has 0 unspecified atom stereocenters. The number of ether oxygens (including phenoxy) is 1. The van der Waals surface area contributed by atoms with E-state index in [9.17, 15) is 4.79 Å². The highest BCUT2D eigenvalue weighted by Gasteiger charge is 2.26. The maximum absolute atomic E-state index is 12.0. The summed E-state index contributed by atoms with van der Waals surface area (Å²) in [5, 5.41) is 6.42. The summed E-state index contributed by atoms with van der Waals surface area (Å²) in [6, 6.07) is 6.00. The van der Waals surface area contributed by atoms with Gasteiger partial charge < -0.3 is 15.4 Å². The van der Waals surface area contributed by atoms with E-state index in [0.717, 1.165) is 43.8 Å². The van der Waals surface area contributed by atoms with Crippen LogP contribution in [0.15, 0.2) is 18.2 Å². The first kappa shape index (κ1) is 19.8. The van der Waals surface area contributed by atoms with E-state index in [1.807, 2.05) is 19.1 Å². The van der Waals surface area contributed by atoms with E-state index in [1.54, 1.807) is 0 Å². The summed E-state index contributed by atoms with van der Waals surface area (Å²) < 4.78 is 5.73. The van der Waals surface area contributed by atoms with Gasteiger partial charge in [-0.3, -0.25) is 4.79 Å². The summed E-state index contributed by atoms with van der Waals surface area (Å²) in [5.41, 5.74) is 2.58. The number of amides is 1.